The molecule has 27 heavy (non-hydrogen) atoms. The van der Waals surface area contributed by atoms with Crippen LogP contribution in [0.1, 0.15) is 12.5 Å². The summed E-state index contributed by atoms with van der Waals surface area (Å²) in [6.45, 7) is 2.74. The Morgan fingerprint density at radius 2 is 2.15 bits per heavy atom. The average molecular weight is 405 g/mol. The molecule has 0 aliphatic rings. The Balaban J connectivity index is 1.65. The number of benzene rings is 2. The second kappa shape index (κ2) is 8.45. The molecule has 0 radical (unpaired) electrons. The summed E-state index contributed by atoms with van der Waals surface area (Å²) in [6, 6.07) is 10.7. The van der Waals surface area contributed by atoms with Crippen LogP contribution in [0.15, 0.2) is 46.8 Å². The molecule has 0 aliphatic heterocycles. The summed E-state index contributed by atoms with van der Waals surface area (Å²) in [5, 5.41) is 10.9. The number of nitro groups is 1. The van der Waals surface area contributed by atoms with Crippen molar-refractivity contribution in [1.29, 1.82) is 0 Å². The van der Waals surface area contributed by atoms with Gasteiger partial charge in [-0.15, -0.1) is 11.3 Å². The molecular formula is C18H16FN3O3S2. The molecule has 0 atom stereocenters. The monoisotopic (exact) mass is 405 g/mol. The van der Waals surface area contributed by atoms with Gasteiger partial charge in [0.05, 0.1) is 20.9 Å². The molecular weight excluding hydrogens is 389 g/mol. The third kappa shape index (κ3) is 4.81. The first-order valence-corrected chi connectivity index (χ1v) is 9.96. The highest BCUT2D eigenvalue weighted by Gasteiger charge is 2.15. The first-order valence-electron chi connectivity index (χ1n) is 8.16. The highest BCUT2D eigenvalue weighted by Crippen LogP contribution is 2.32. The maximum absolute atomic E-state index is 13.3. The van der Waals surface area contributed by atoms with Gasteiger partial charge in [-0.25, -0.2) is 9.37 Å². The smallest absolute Gasteiger partial charge is 0.270 e. The number of nitrogens with zero attached hydrogens (tertiary/aromatic N) is 3. The van der Waals surface area contributed by atoms with E-state index in [1.165, 1.54) is 47.4 Å². The molecule has 0 spiro atoms. The van der Waals surface area contributed by atoms with Crippen molar-refractivity contribution in [3.05, 3.63) is 64.0 Å². The Bertz CT molecular complexity index is 993. The molecule has 9 heteroatoms. The summed E-state index contributed by atoms with van der Waals surface area (Å²) in [4.78, 5) is 29.0. The van der Waals surface area contributed by atoms with Crippen molar-refractivity contribution in [2.24, 2.45) is 0 Å². The highest BCUT2D eigenvalue weighted by molar-refractivity contribution is 8.01. The summed E-state index contributed by atoms with van der Waals surface area (Å²) in [5.74, 6) is -0.198. The van der Waals surface area contributed by atoms with E-state index >= 15 is 0 Å². The van der Waals surface area contributed by atoms with Gasteiger partial charge in [0.1, 0.15) is 5.82 Å². The normalized spacial score (nSPS) is 10.9. The standard InChI is InChI=1S/C18H16FN3O3S2/c1-2-21(10-12-4-3-5-13(19)8-12)17(23)11-26-18-20-15-7-6-14(22(24)25)9-16(15)27-18/h3-9H,2,10-11H2,1H3. The van der Waals surface area contributed by atoms with Crippen LogP contribution in [-0.2, 0) is 11.3 Å². The number of hydrogen-bond acceptors (Lipinski definition) is 6. The molecule has 0 aliphatic carbocycles. The fourth-order valence-electron chi connectivity index (χ4n) is 2.51. The van der Waals surface area contributed by atoms with Crippen LogP contribution >= 0.6 is 23.1 Å². The third-order valence-electron chi connectivity index (χ3n) is 3.88. The van der Waals surface area contributed by atoms with Gasteiger partial charge in [0, 0.05) is 25.2 Å². The Morgan fingerprint density at radius 1 is 1.33 bits per heavy atom. The quantitative estimate of drug-likeness (QED) is 0.329. The SMILES string of the molecule is CCN(Cc1cccc(F)c1)C(=O)CSc1nc2ccc([N+](=O)[O-])cc2s1. The van der Waals surface area contributed by atoms with Crippen molar-refractivity contribution >= 4 is 44.9 Å². The number of non-ortho nitro benzene ring substituents is 1. The first-order chi connectivity index (χ1) is 13.0. The lowest BCUT2D eigenvalue weighted by Gasteiger charge is -2.20. The molecule has 0 fully saturated rings. The molecule has 0 saturated carbocycles. The van der Waals surface area contributed by atoms with Crippen LogP contribution in [0.3, 0.4) is 0 Å². The molecule has 2 aromatic carbocycles. The van der Waals surface area contributed by atoms with Crippen LogP contribution in [0.4, 0.5) is 10.1 Å². The molecule has 0 bridgehead atoms. The minimum Gasteiger partial charge on any atom is -0.338 e. The van der Waals surface area contributed by atoms with E-state index in [-0.39, 0.29) is 23.2 Å². The number of rotatable bonds is 7. The number of carbonyl (C=O) groups is 1. The predicted octanol–water partition coefficient (Wildman–Crippen LogP) is 4.48. The number of thioether (sulfide) groups is 1. The van der Waals surface area contributed by atoms with E-state index in [0.29, 0.717) is 27.6 Å². The fraction of sp³-hybridized carbons (Fsp3) is 0.222. The summed E-state index contributed by atoms with van der Waals surface area (Å²) in [5.41, 5.74) is 1.43. The number of nitro benzene ring substituents is 1. The molecule has 0 saturated heterocycles. The zero-order valence-corrected chi connectivity index (χ0v) is 16.1. The predicted molar refractivity (Wildman–Crippen MR) is 104 cm³/mol. The molecule has 3 rings (SSSR count). The number of thiazole rings is 1. The van der Waals surface area contributed by atoms with Crippen LogP contribution in [0, 0.1) is 15.9 Å². The van der Waals surface area contributed by atoms with Crippen molar-refractivity contribution in [3.8, 4) is 0 Å². The zero-order valence-electron chi connectivity index (χ0n) is 14.4. The molecule has 0 unspecified atom stereocenters. The third-order valence-corrected chi connectivity index (χ3v) is 6.03. The first kappa shape index (κ1) is 19.2. The van der Waals surface area contributed by atoms with Crippen LogP contribution in [-0.4, -0.2) is 33.0 Å². The van der Waals surface area contributed by atoms with Crippen molar-refractivity contribution in [2.75, 3.05) is 12.3 Å². The Kier molecular flexibility index (Phi) is 6.02. The molecule has 1 heterocycles. The lowest BCUT2D eigenvalue weighted by molar-refractivity contribution is -0.384. The van der Waals surface area contributed by atoms with Gasteiger partial charge in [-0.3, -0.25) is 14.9 Å². The molecule has 6 nitrogen and oxygen atoms in total. The summed E-state index contributed by atoms with van der Waals surface area (Å²) in [7, 11) is 0. The highest BCUT2D eigenvalue weighted by atomic mass is 32.2. The van der Waals surface area contributed by atoms with Gasteiger partial charge in [0.15, 0.2) is 4.34 Å². The van der Waals surface area contributed by atoms with Gasteiger partial charge in [-0.05, 0) is 30.7 Å². The maximum Gasteiger partial charge on any atom is 0.270 e. The summed E-state index contributed by atoms with van der Waals surface area (Å²) >= 11 is 2.62. The number of aromatic nitrogens is 1. The molecule has 140 valence electrons. The van der Waals surface area contributed by atoms with Gasteiger partial charge in [-0.2, -0.15) is 0 Å². The fourth-order valence-corrected chi connectivity index (χ4v) is 4.52. The number of halogens is 1. The minimum atomic E-state index is -0.443. The van der Waals surface area contributed by atoms with E-state index in [0.717, 1.165) is 5.56 Å². The van der Waals surface area contributed by atoms with E-state index in [4.69, 9.17) is 0 Å². The number of carbonyl (C=O) groups excluding carboxylic acids is 1. The lowest BCUT2D eigenvalue weighted by atomic mass is 10.2. The van der Waals surface area contributed by atoms with Gasteiger partial charge >= 0.3 is 0 Å². The Morgan fingerprint density at radius 3 is 2.85 bits per heavy atom. The van der Waals surface area contributed by atoms with Gasteiger partial charge in [0.2, 0.25) is 5.91 Å². The number of fused-ring (bicyclic) bond motifs is 1. The van der Waals surface area contributed by atoms with Crippen molar-refractivity contribution in [3.63, 3.8) is 0 Å². The van der Waals surface area contributed by atoms with Crippen LogP contribution in [0.25, 0.3) is 10.2 Å². The molecule has 1 amide bonds. The van der Waals surface area contributed by atoms with E-state index in [2.05, 4.69) is 4.98 Å². The summed E-state index contributed by atoms with van der Waals surface area (Å²) < 4.78 is 14.7. The van der Waals surface area contributed by atoms with E-state index in [1.54, 1.807) is 23.1 Å². The van der Waals surface area contributed by atoms with Crippen LogP contribution < -0.4 is 0 Å². The van der Waals surface area contributed by atoms with Gasteiger partial charge < -0.3 is 4.90 Å². The number of amides is 1. The summed E-state index contributed by atoms with van der Waals surface area (Å²) in [6.07, 6.45) is 0. The second-order valence-corrected chi connectivity index (χ2v) is 7.97. The minimum absolute atomic E-state index is 0.0195. The van der Waals surface area contributed by atoms with Crippen molar-refractivity contribution in [2.45, 2.75) is 17.8 Å². The van der Waals surface area contributed by atoms with Gasteiger partial charge in [0.25, 0.3) is 5.69 Å². The maximum atomic E-state index is 13.3. The van der Waals surface area contributed by atoms with E-state index < -0.39 is 4.92 Å². The second-order valence-electron chi connectivity index (χ2n) is 5.72. The van der Waals surface area contributed by atoms with Crippen LogP contribution in [0.2, 0.25) is 0 Å². The largest absolute Gasteiger partial charge is 0.338 e. The molecule has 3 aromatic rings. The Labute approximate surface area is 163 Å². The molecule has 1 aromatic heterocycles. The topological polar surface area (TPSA) is 76.3 Å². The number of hydrogen-bond donors (Lipinski definition) is 0. The average Bonchev–Trinajstić information content (AvgIpc) is 3.06. The lowest BCUT2D eigenvalue weighted by Crippen LogP contribution is -2.31. The van der Waals surface area contributed by atoms with Crippen LogP contribution in [0.5, 0.6) is 0 Å². The van der Waals surface area contributed by atoms with E-state index in [9.17, 15) is 19.3 Å². The van der Waals surface area contributed by atoms with Gasteiger partial charge in [-0.1, -0.05) is 23.9 Å². The Hall–Kier alpha value is -2.52. The van der Waals surface area contributed by atoms with E-state index in [1.807, 2.05) is 6.92 Å². The molecule has 0 N–H and O–H groups in total. The zero-order chi connectivity index (χ0) is 19.4. The van der Waals surface area contributed by atoms with Crippen molar-refractivity contribution in [1.82, 2.24) is 9.88 Å². The van der Waals surface area contributed by atoms with Crippen molar-refractivity contribution < 1.29 is 14.1 Å².